The highest BCUT2D eigenvalue weighted by Gasteiger charge is 2.31. The van der Waals surface area contributed by atoms with Gasteiger partial charge in [-0.05, 0) is 49.1 Å². The van der Waals surface area contributed by atoms with Gasteiger partial charge < -0.3 is 14.8 Å². The molecule has 6 nitrogen and oxygen atoms in total. The van der Waals surface area contributed by atoms with E-state index in [2.05, 4.69) is 17.2 Å². The first kappa shape index (κ1) is 18.2. The number of hydrogen-bond donors (Lipinski definition) is 1. The summed E-state index contributed by atoms with van der Waals surface area (Å²) in [6, 6.07) is 7.86. The number of carbonyl (C=O) groups is 2. The molecule has 2 aromatic heterocycles. The van der Waals surface area contributed by atoms with Gasteiger partial charge in [0.2, 0.25) is 5.91 Å². The maximum Gasteiger partial charge on any atom is 0.267 e. The minimum Gasteiger partial charge on any atom is -0.350 e. The van der Waals surface area contributed by atoms with Crippen molar-refractivity contribution in [3.05, 3.63) is 54.1 Å². The summed E-state index contributed by atoms with van der Waals surface area (Å²) in [5, 5.41) is 3.04. The Morgan fingerprint density at radius 3 is 2.77 bits per heavy atom. The van der Waals surface area contributed by atoms with Crippen molar-refractivity contribution in [2.45, 2.75) is 39.3 Å². The molecule has 26 heavy (non-hydrogen) atoms. The second kappa shape index (κ2) is 8.17. The van der Waals surface area contributed by atoms with Gasteiger partial charge in [-0.2, -0.15) is 0 Å². The molecule has 3 heterocycles. The van der Waals surface area contributed by atoms with Crippen LogP contribution in [0.4, 0.5) is 0 Å². The number of rotatable bonds is 6. The third kappa shape index (κ3) is 4.12. The Morgan fingerprint density at radius 1 is 1.27 bits per heavy atom. The average Bonchev–Trinajstić information content (AvgIpc) is 3.26. The maximum absolute atomic E-state index is 12.6. The molecule has 1 aliphatic heterocycles. The summed E-state index contributed by atoms with van der Waals surface area (Å²) in [5.74, 6) is 0.433. The number of nitrogens with zero attached hydrogens (tertiary/aromatic N) is 3. The number of amides is 2. The molecule has 1 N–H and O–H groups in total. The molecule has 1 fully saturated rings. The summed E-state index contributed by atoms with van der Waals surface area (Å²) in [6.07, 6.45) is 6.89. The quantitative estimate of drug-likeness (QED) is 0.866. The Kier molecular flexibility index (Phi) is 5.71. The third-order valence-corrected chi connectivity index (χ3v) is 5.00. The number of carbonyl (C=O) groups excluding carboxylic acids is 2. The molecule has 6 heteroatoms. The molecule has 0 spiro atoms. The van der Waals surface area contributed by atoms with Crippen molar-refractivity contribution < 1.29 is 9.59 Å². The van der Waals surface area contributed by atoms with Crippen molar-refractivity contribution in [1.29, 1.82) is 0 Å². The van der Waals surface area contributed by atoms with Crippen LogP contribution in [0.3, 0.4) is 0 Å². The van der Waals surface area contributed by atoms with Gasteiger partial charge in [0.25, 0.3) is 5.91 Å². The molecule has 2 atom stereocenters. The van der Waals surface area contributed by atoms with Crippen LogP contribution in [-0.2, 0) is 11.3 Å². The minimum atomic E-state index is -0.0722. The van der Waals surface area contributed by atoms with E-state index in [0.717, 1.165) is 18.5 Å². The smallest absolute Gasteiger partial charge is 0.267 e. The molecule has 2 amide bonds. The first-order valence-corrected chi connectivity index (χ1v) is 9.20. The maximum atomic E-state index is 12.6. The van der Waals surface area contributed by atoms with Gasteiger partial charge in [-0.25, -0.2) is 0 Å². The second-order valence-corrected chi connectivity index (χ2v) is 6.94. The van der Waals surface area contributed by atoms with Crippen LogP contribution >= 0.6 is 0 Å². The second-order valence-electron chi connectivity index (χ2n) is 6.94. The van der Waals surface area contributed by atoms with Gasteiger partial charge in [-0.3, -0.25) is 14.6 Å². The summed E-state index contributed by atoms with van der Waals surface area (Å²) in [7, 11) is 0. The summed E-state index contributed by atoms with van der Waals surface area (Å²) in [5.41, 5.74) is 1.75. The molecular formula is C20H26N4O2. The van der Waals surface area contributed by atoms with Gasteiger partial charge in [0.15, 0.2) is 0 Å². The molecule has 0 radical (unpaired) electrons. The zero-order valence-electron chi connectivity index (χ0n) is 15.4. The predicted molar refractivity (Wildman–Crippen MR) is 99.7 cm³/mol. The van der Waals surface area contributed by atoms with Crippen molar-refractivity contribution in [2.75, 3.05) is 13.1 Å². The van der Waals surface area contributed by atoms with E-state index in [1.807, 2.05) is 46.9 Å². The van der Waals surface area contributed by atoms with E-state index in [9.17, 15) is 9.59 Å². The monoisotopic (exact) mass is 354 g/mol. The third-order valence-electron chi connectivity index (χ3n) is 5.00. The van der Waals surface area contributed by atoms with E-state index in [0.29, 0.717) is 31.1 Å². The van der Waals surface area contributed by atoms with Crippen molar-refractivity contribution in [1.82, 2.24) is 19.8 Å². The standard InChI is InChI=1S/C20H26N4O2/c1-3-19(25)24-14-17(11-15(24)2)12-22-20(26)18-5-4-10-23(18)13-16-6-8-21-9-7-16/h4-10,15,17H,3,11-14H2,1-2H3,(H,22,26). The first-order chi connectivity index (χ1) is 12.6. The van der Waals surface area contributed by atoms with Gasteiger partial charge in [-0.15, -0.1) is 0 Å². The molecule has 0 saturated carbocycles. The fourth-order valence-corrected chi connectivity index (χ4v) is 3.61. The van der Waals surface area contributed by atoms with Gasteiger partial charge >= 0.3 is 0 Å². The predicted octanol–water partition coefficient (Wildman–Crippen LogP) is 2.31. The van der Waals surface area contributed by atoms with Crippen molar-refractivity contribution in [2.24, 2.45) is 5.92 Å². The number of aromatic nitrogens is 2. The van der Waals surface area contributed by atoms with E-state index in [1.165, 1.54) is 0 Å². The van der Waals surface area contributed by atoms with Crippen LogP contribution in [0.1, 0.15) is 42.7 Å². The molecule has 0 bridgehead atoms. The summed E-state index contributed by atoms with van der Waals surface area (Å²) in [6.45, 7) is 5.93. The SMILES string of the molecule is CCC(=O)N1CC(CNC(=O)c2cccn2Cc2ccncc2)CC1C. The molecule has 0 aromatic carbocycles. The van der Waals surface area contributed by atoms with Crippen molar-refractivity contribution in [3.63, 3.8) is 0 Å². The fourth-order valence-electron chi connectivity index (χ4n) is 3.61. The van der Waals surface area contributed by atoms with Crippen LogP contribution in [0.5, 0.6) is 0 Å². The van der Waals surface area contributed by atoms with Crippen LogP contribution in [0.25, 0.3) is 0 Å². The number of hydrogen-bond acceptors (Lipinski definition) is 3. The zero-order chi connectivity index (χ0) is 18.5. The molecule has 1 saturated heterocycles. The number of pyridine rings is 1. The van der Waals surface area contributed by atoms with Crippen LogP contribution in [0, 0.1) is 5.92 Å². The molecule has 2 aromatic rings. The molecular weight excluding hydrogens is 328 g/mol. The largest absolute Gasteiger partial charge is 0.350 e. The molecule has 0 aliphatic carbocycles. The van der Waals surface area contributed by atoms with Crippen molar-refractivity contribution in [3.8, 4) is 0 Å². The lowest BCUT2D eigenvalue weighted by atomic mass is 10.1. The van der Waals surface area contributed by atoms with E-state index in [-0.39, 0.29) is 17.9 Å². The first-order valence-electron chi connectivity index (χ1n) is 9.20. The Morgan fingerprint density at radius 2 is 2.04 bits per heavy atom. The van der Waals surface area contributed by atoms with E-state index in [4.69, 9.17) is 0 Å². The Bertz CT molecular complexity index is 756. The highest BCUT2D eigenvalue weighted by Crippen LogP contribution is 2.23. The van der Waals surface area contributed by atoms with Crippen LogP contribution in [0.15, 0.2) is 42.9 Å². The highest BCUT2D eigenvalue weighted by molar-refractivity contribution is 5.92. The average molecular weight is 354 g/mol. The lowest BCUT2D eigenvalue weighted by Crippen LogP contribution is -2.35. The Balaban J connectivity index is 1.56. The van der Waals surface area contributed by atoms with Gasteiger partial charge in [0.05, 0.1) is 0 Å². The van der Waals surface area contributed by atoms with Crippen molar-refractivity contribution >= 4 is 11.8 Å². The topological polar surface area (TPSA) is 67.2 Å². The van der Waals surface area contributed by atoms with E-state index >= 15 is 0 Å². The van der Waals surface area contributed by atoms with Gasteiger partial charge in [0, 0.05) is 50.7 Å². The highest BCUT2D eigenvalue weighted by atomic mass is 16.2. The van der Waals surface area contributed by atoms with E-state index in [1.54, 1.807) is 12.4 Å². The normalized spacial score (nSPS) is 19.5. The lowest BCUT2D eigenvalue weighted by Gasteiger charge is -2.20. The van der Waals surface area contributed by atoms with Crippen LogP contribution < -0.4 is 5.32 Å². The lowest BCUT2D eigenvalue weighted by molar-refractivity contribution is -0.131. The number of likely N-dealkylation sites (tertiary alicyclic amines) is 1. The molecule has 138 valence electrons. The Labute approximate surface area is 154 Å². The fraction of sp³-hybridized carbons (Fsp3) is 0.450. The van der Waals surface area contributed by atoms with Crippen LogP contribution in [0.2, 0.25) is 0 Å². The summed E-state index contributed by atoms with van der Waals surface area (Å²) >= 11 is 0. The van der Waals surface area contributed by atoms with Crippen LogP contribution in [-0.4, -0.2) is 45.4 Å². The van der Waals surface area contributed by atoms with E-state index < -0.39 is 0 Å². The molecule has 2 unspecified atom stereocenters. The Hall–Kier alpha value is -2.63. The summed E-state index contributed by atoms with van der Waals surface area (Å²) < 4.78 is 1.94. The summed E-state index contributed by atoms with van der Waals surface area (Å²) in [4.78, 5) is 30.5. The minimum absolute atomic E-state index is 0.0722. The van der Waals surface area contributed by atoms with Gasteiger partial charge in [0.1, 0.15) is 5.69 Å². The van der Waals surface area contributed by atoms with Gasteiger partial charge in [-0.1, -0.05) is 6.92 Å². The molecule has 3 rings (SSSR count). The zero-order valence-corrected chi connectivity index (χ0v) is 15.4. The molecule has 1 aliphatic rings. The number of nitrogens with one attached hydrogen (secondary N) is 1.